The van der Waals surface area contributed by atoms with Crippen molar-refractivity contribution in [2.45, 2.75) is 39.3 Å². The van der Waals surface area contributed by atoms with Crippen LogP contribution in [0.25, 0.3) is 0 Å². The van der Waals surface area contributed by atoms with Crippen molar-refractivity contribution in [1.82, 2.24) is 10.2 Å². The number of rotatable bonds is 7. The number of hydrogen-bond donors (Lipinski definition) is 1. The van der Waals surface area contributed by atoms with E-state index < -0.39 is 0 Å². The van der Waals surface area contributed by atoms with Crippen molar-refractivity contribution < 1.29 is 4.42 Å². The molecule has 3 nitrogen and oxygen atoms in total. The maximum Gasteiger partial charge on any atom is 0.120 e. The summed E-state index contributed by atoms with van der Waals surface area (Å²) in [6.45, 7) is 7.67. The molecule has 3 heteroatoms. The van der Waals surface area contributed by atoms with Crippen molar-refractivity contribution in [3.63, 3.8) is 0 Å². The predicted octanol–water partition coefficient (Wildman–Crippen LogP) is 2.91. The molecular weight excluding hydrogens is 212 g/mol. The number of furan rings is 1. The Kier molecular flexibility index (Phi) is 5.72. The molecule has 2 atom stereocenters. The number of hydrogen-bond acceptors (Lipinski definition) is 3. The highest BCUT2D eigenvalue weighted by atomic mass is 16.3. The third-order valence-electron chi connectivity index (χ3n) is 3.10. The molecule has 17 heavy (non-hydrogen) atoms. The molecule has 0 bridgehead atoms. The van der Waals surface area contributed by atoms with Crippen molar-refractivity contribution in [3.8, 4) is 0 Å². The Labute approximate surface area is 105 Å². The molecule has 1 aromatic heterocycles. The first kappa shape index (κ1) is 14.3. The van der Waals surface area contributed by atoms with E-state index in [9.17, 15) is 0 Å². The van der Waals surface area contributed by atoms with Crippen molar-refractivity contribution in [2.75, 3.05) is 20.6 Å². The predicted molar refractivity (Wildman–Crippen MR) is 72.1 cm³/mol. The lowest BCUT2D eigenvalue weighted by Gasteiger charge is -2.27. The summed E-state index contributed by atoms with van der Waals surface area (Å²) in [5.41, 5.74) is 0. The minimum atomic E-state index is 0.277. The highest BCUT2D eigenvalue weighted by molar-refractivity contribution is 5.03. The average Bonchev–Trinajstić information content (AvgIpc) is 2.76. The molecule has 1 rings (SSSR count). The Bertz CT molecular complexity index is 293. The second-order valence-electron chi connectivity index (χ2n) is 5.39. The maximum absolute atomic E-state index is 5.39. The van der Waals surface area contributed by atoms with Gasteiger partial charge in [0.05, 0.1) is 12.3 Å². The molecule has 0 radical (unpaired) electrons. The lowest BCUT2D eigenvalue weighted by atomic mass is 10.0. The van der Waals surface area contributed by atoms with Gasteiger partial charge in [0.15, 0.2) is 0 Å². The van der Waals surface area contributed by atoms with Crippen LogP contribution >= 0.6 is 0 Å². The molecule has 0 aliphatic heterocycles. The van der Waals surface area contributed by atoms with Crippen LogP contribution in [0, 0.1) is 5.92 Å². The topological polar surface area (TPSA) is 28.4 Å². The molecule has 98 valence electrons. The second kappa shape index (κ2) is 6.82. The highest BCUT2D eigenvalue weighted by Crippen LogP contribution is 2.14. The van der Waals surface area contributed by atoms with Crippen molar-refractivity contribution in [1.29, 1.82) is 0 Å². The maximum atomic E-state index is 5.39. The van der Waals surface area contributed by atoms with Crippen LogP contribution < -0.4 is 5.32 Å². The first-order valence-electron chi connectivity index (χ1n) is 6.44. The summed E-state index contributed by atoms with van der Waals surface area (Å²) in [7, 11) is 4.29. The summed E-state index contributed by atoms with van der Waals surface area (Å²) in [4.78, 5) is 2.29. The summed E-state index contributed by atoms with van der Waals surface area (Å²) in [6.07, 6.45) is 2.94. The van der Waals surface area contributed by atoms with Gasteiger partial charge >= 0.3 is 0 Å². The summed E-state index contributed by atoms with van der Waals surface area (Å²) < 4.78 is 5.39. The van der Waals surface area contributed by atoms with Crippen LogP contribution in [-0.2, 0) is 0 Å². The van der Waals surface area contributed by atoms with Gasteiger partial charge in [0, 0.05) is 12.6 Å². The quantitative estimate of drug-likeness (QED) is 0.791. The zero-order valence-electron chi connectivity index (χ0n) is 11.7. The van der Waals surface area contributed by atoms with Gasteiger partial charge in [0.25, 0.3) is 0 Å². The fourth-order valence-electron chi connectivity index (χ4n) is 1.97. The molecule has 1 aromatic rings. The van der Waals surface area contributed by atoms with Crippen molar-refractivity contribution in [2.24, 2.45) is 5.92 Å². The Morgan fingerprint density at radius 3 is 2.47 bits per heavy atom. The molecule has 0 aliphatic carbocycles. The molecule has 0 amide bonds. The smallest absolute Gasteiger partial charge is 0.120 e. The van der Waals surface area contributed by atoms with Gasteiger partial charge in [0.1, 0.15) is 5.76 Å². The minimum absolute atomic E-state index is 0.277. The van der Waals surface area contributed by atoms with Gasteiger partial charge in [-0.05, 0) is 45.5 Å². The van der Waals surface area contributed by atoms with E-state index in [1.165, 1.54) is 6.42 Å². The van der Waals surface area contributed by atoms with Crippen LogP contribution in [0.2, 0.25) is 0 Å². The second-order valence-corrected chi connectivity index (χ2v) is 5.39. The van der Waals surface area contributed by atoms with Gasteiger partial charge in [-0.3, -0.25) is 0 Å². The van der Waals surface area contributed by atoms with Gasteiger partial charge < -0.3 is 14.6 Å². The van der Waals surface area contributed by atoms with Gasteiger partial charge in [0.2, 0.25) is 0 Å². The van der Waals surface area contributed by atoms with E-state index in [0.717, 1.165) is 18.2 Å². The summed E-state index contributed by atoms with van der Waals surface area (Å²) >= 11 is 0. The monoisotopic (exact) mass is 238 g/mol. The number of likely N-dealkylation sites (N-methyl/N-ethyl adjacent to an activating group) is 1. The third-order valence-corrected chi connectivity index (χ3v) is 3.10. The molecule has 0 saturated heterocycles. The van der Waals surface area contributed by atoms with E-state index in [4.69, 9.17) is 4.42 Å². The summed E-state index contributed by atoms with van der Waals surface area (Å²) in [6, 6.07) is 4.81. The summed E-state index contributed by atoms with van der Waals surface area (Å²) in [5.74, 6) is 1.73. The van der Waals surface area contributed by atoms with Crippen LogP contribution in [0.4, 0.5) is 0 Å². The van der Waals surface area contributed by atoms with Crippen LogP contribution in [-0.4, -0.2) is 31.6 Å². The molecule has 1 heterocycles. The zero-order valence-corrected chi connectivity index (χ0v) is 11.7. The number of nitrogens with one attached hydrogen (secondary N) is 1. The molecule has 0 aromatic carbocycles. The van der Waals surface area contributed by atoms with E-state index in [0.29, 0.717) is 6.04 Å². The van der Waals surface area contributed by atoms with E-state index >= 15 is 0 Å². The molecule has 0 saturated carbocycles. The van der Waals surface area contributed by atoms with Crippen LogP contribution in [0.1, 0.15) is 39.0 Å². The van der Waals surface area contributed by atoms with Crippen LogP contribution in [0.5, 0.6) is 0 Å². The Balaban J connectivity index is 2.41. The molecule has 0 spiro atoms. The fourth-order valence-corrected chi connectivity index (χ4v) is 1.97. The van der Waals surface area contributed by atoms with Gasteiger partial charge in [-0.25, -0.2) is 0 Å². The van der Waals surface area contributed by atoms with E-state index in [-0.39, 0.29) is 6.04 Å². The fraction of sp³-hybridized carbons (Fsp3) is 0.714. The molecule has 0 aliphatic rings. The minimum Gasteiger partial charge on any atom is -0.468 e. The standard InChI is InChI=1S/C14H26N2O/c1-11(2)9-13(16(4)5)10-15-12(3)14-7-6-8-17-14/h6-8,11-13,15H,9-10H2,1-5H3. The van der Waals surface area contributed by atoms with Crippen LogP contribution in [0.3, 0.4) is 0 Å². The largest absolute Gasteiger partial charge is 0.468 e. The first-order chi connectivity index (χ1) is 8.00. The van der Waals surface area contributed by atoms with E-state index in [1.807, 2.05) is 12.1 Å². The summed E-state index contributed by atoms with van der Waals surface area (Å²) in [5, 5.41) is 3.54. The third kappa shape index (κ3) is 4.92. The zero-order chi connectivity index (χ0) is 12.8. The number of nitrogens with zero attached hydrogens (tertiary/aromatic N) is 1. The SMILES string of the molecule is CC(C)CC(CNC(C)c1ccco1)N(C)C. The van der Waals surface area contributed by atoms with Crippen LogP contribution in [0.15, 0.2) is 22.8 Å². The van der Waals surface area contributed by atoms with E-state index in [1.54, 1.807) is 6.26 Å². The highest BCUT2D eigenvalue weighted by Gasteiger charge is 2.15. The van der Waals surface area contributed by atoms with Crippen molar-refractivity contribution >= 4 is 0 Å². The normalized spacial score (nSPS) is 15.5. The van der Waals surface area contributed by atoms with Gasteiger partial charge in [-0.15, -0.1) is 0 Å². The molecular formula is C14H26N2O. The average molecular weight is 238 g/mol. The lowest BCUT2D eigenvalue weighted by molar-refractivity contribution is 0.238. The Morgan fingerprint density at radius 1 is 1.29 bits per heavy atom. The molecule has 2 unspecified atom stereocenters. The van der Waals surface area contributed by atoms with E-state index in [2.05, 4.69) is 45.1 Å². The first-order valence-corrected chi connectivity index (χ1v) is 6.44. The molecule has 0 fully saturated rings. The van der Waals surface area contributed by atoms with Gasteiger partial charge in [-0.1, -0.05) is 13.8 Å². The Hall–Kier alpha value is -0.800. The molecule has 1 N–H and O–H groups in total. The van der Waals surface area contributed by atoms with Crippen molar-refractivity contribution in [3.05, 3.63) is 24.2 Å². The Morgan fingerprint density at radius 2 is 2.00 bits per heavy atom. The van der Waals surface area contributed by atoms with Gasteiger partial charge in [-0.2, -0.15) is 0 Å². The lowest BCUT2D eigenvalue weighted by Crippen LogP contribution is -2.39.